The minimum atomic E-state index is -1.08. The molecule has 0 amide bonds. The van der Waals surface area contributed by atoms with Crippen molar-refractivity contribution >= 4 is 17.1 Å². The molecule has 0 saturated heterocycles. The monoisotopic (exact) mass is 263 g/mol. The number of carboxylic acids is 1. The zero-order valence-electron chi connectivity index (χ0n) is 10.3. The summed E-state index contributed by atoms with van der Waals surface area (Å²) in [6.45, 7) is 0. The van der Waals surface area contributed by atoms with E-state index in [9.17, 15) is 14.7 Å². The number of aromatic nitrogens is 1. The van der Waals surface area contributed by atoms with Crippen molar-refractivity contribution in [2.45, 2.75) is 18.9 Å². The Kier molecular flexibility index (Phi) is 2.34. The SMILES string of the molecule is Cn1c(=O)oc2cc(C(O)C3(C(=O)O)CC3)ccc21. The second-order valence-electron chi connectivity index (χ2n) is 5.02. The van der Waals surface area contributed by atoms with E-state index in [4.69, 9.17) is 9.52 Å². The van der Waals surface area contributed by atoms with Crippen LogP contribution in [0.4, 0.5) is 0 Å². The van der Waals surface area contributed by atoms with Gasteiger partial charge in [0.15, 0.2) is 5.58 Å². The average molecular weight is 263 g/mol. The maximum Gasteiger partial charge on any atom is 0.419 e. The number of benzene rings is 1. The van der Waals surface area contributed by atoms with Gasteiger partial charge >= 0.3 is 11.7 Å². The van der Waals surface area contributed by atoms with Crippen LogP contribution in [0.25, 0.3) is 11.1 Å². The zero-order chi connectivity index (χ0) is 13.8. The molecule has 1 heterocycles. The fourth-order valence-corrected chi connectivity index (χ4v) is 2.38. The van der Waals surface area contributed by atoms with E-state index < -0.39 is 23.2 Å². The van der Waals surface area contributed by atoms with Crippen LogP contribution in [0, 0.1) is 5.41 Å². The van der Waals surface area contributed by atoms with Gasteiger partial charge in [-0.15, -0.1) is 0 Å². The first-order chi connectivity index (χ1) is 8.95. The van der Waals surface area contributed by atoms with Crippen LogP contribution in [0.2, 0.25) is 0 Å². The Morgan fingerprint density at radius 1 is 1.47 bits per heavy atom. The summed E-state index contributed by atoms with van der Waals surface area (Å²) in [4.78, 5) is 22.6. The molecule has 6 nitrogen and oxygen atoms in total. The summed E-state index contributed by atoms with van der Waals surface area (Å²) in [6, 6.07) is 4.81. The number of aliphatic hydroxyl groups is 1. The Hall–Kier alpha value is -2.08. The van der Waals surface area contributed by atoms with Gasteiger partial charge in [0.1, 0.15) is 0 Å². The number of aryl methyl sites for hydroxylation is 1. The molecule has 2 N–H and O–H groups in total. The molecule has 1 aromatic carbocycles. The lowest BCUT2D eigenvalue weighted by atomic mass is 9.93. The Morgan fingerprint density at radius 3 is 2.74 bits per heavy atom. The maximum atomic E-state index is 11.4. The number of carbonyl (C=O) groups is 1. The molecule has 2 aromatic rings. The normalized spacial score (nSPS) is 18.4. The van der Waals surface area contributed by atoms with Gasteiger partial charge in [0.25, 0.3) is 0 Å². The summed E-state index contributed by atoms with van der Waals surface area (Å²) < 4.78 is 6.39. The maximum absolute atomic E-state index is 11.4. The second kappa shape index (κ2) is 3.71. The van der Waals surface area contributed by atoms with Gasteiger partial charge in [0, 0.05) is 7.05 Å². The number of aliphatic hydroxyl groups excluding tert-OH is 1. The predicted octanol–water partition coefficient (Wildman–Crippen LogP) is 1.03. The zero-order valence-corrected chi connectivity index (χ0v) is 10.3. The smallest absolute Gasteiger partial charge is 0.419 e. The van der Waals surface area contributed by atoms with Gasteiger partial charge < -0.3 is 14.6 Å². The molecule has 1 fully saturated rings. The van der Waals surface area contributed by atoms with Crippen molar-refractivity contribution in [3.8, 4) is 0 Å². The largest absolute Gasteiger partial charge is 0.481 e. The molecule has 6 heteroatoms. The fraction of sp³-hybridized carbons (Fsp3) is 0.385. The molecule has 19 heavy (non-hydrogen) atoms. The van der Waals surface area contributed by atoms with Gasteiger partial charge in [0.2, 0.25) is 0 Å². The number of oxazole rings is 1. The van der Waals surface area contributed by atoms with Crippen molar-refractivity contribution in [1.29, 1.82) is 0 Å². The lowest BCUT2D eigenvalue weighted by Crippen LogP contribution is -2.23. The van der Waals surface area contributed by atoms with Crippen LogP contribution in [0.3, 0.4) is 0 Å². The number of aliphatic carboxylic acids is 1. The van der Waals surface area contributed by atoms with E-state index in [-0.39, 0.29) is 0 Å². The highest BCUT2D eigenvalue weighted by Gasteiger charge is 2.56. The quantitative estimate of drug-likeness (QED) is 0.862. The standard InChI is InChI=1S/C13H13NO5/c1-14-8-3-2-7(6-9(8)19-12(14)18)10(15)13(4-5-13)11(16)17/h2-3,6,10,15H,4-5H2,1H3,(H,16,17). The topological polar surface area (TPSA) is 92.7 Å². The lowest BCUT2D eigenvalue weighted by molar-refractivity contribution is -0.148. The van der Waals surface area contributed by atoms with Crippen LogP contribution in [0.5, 0.6) is 0 Å². The highest BCUT2D eigenvalue weighted by Crippen LogP contribution is 2.55. The molecule has 0 radical (unpaired) electrons. The van der Waals surface area contributed by atoms with Crippen molar-refractivity contribution in [3.63, 3.8) is 0 Å². The van der Waals surface area contributed by atoms with Crippen molar-refractivity contribution in [2.24, 2.45) is 12.5 Å². The van der Waals surface area contributed by atoms with Gasteiger partial charge in [-0.05, 0) is 30.5 Å². The molecular weight excluding hydrogens is 250 g/mol. The summed E-state index contributed by atoms with van der Waals surface area (Å²) >= 11 is 0. The van der Waals surface area contributed by atoms with E-state index >= 15 is 0 Å². The highest BCUT2D eigenvalue weighted by molar-refractivity contribution is 5.80. The average Bonchev–Trinajstić information content (AvgIpc) is 3.13. The predicted molar refractivity (Wildman–Crippen MR) is 65.7 cm³/mol. The molecule has 1 aromatic heterocycles. The Morgan fingerprint density at radius 2 is 2.16 bits per heavy atom. The molecule has 1 unspecified atom stereocenters. The van der Waals surface area contributed by atoms with E-state index in [2.05, 4.69) is 0 Å². The van der Waals surface area contributed by atoms with Crippen LogP contribution >= 0.6 is 0 Å². The molecule has 1 aliphatic rings. The van der Waals surface area contributed by atoms with Gasteiger partial charge in [-0.3, -0.25) is 9.36 Å². The summed E-state index contributed by atoms with van der Waals surface area (Å²) in [7, 11) is 1.59. The molecule has 100 valence electrons. The summed E-state index contributed by atoms with van der Waals surface area (Å²) in [5.74, 6) is -1.48. The third kappa shape index (κ3) is 1.60. The summed E-state index contributed by atoms with van der Waals surface area (Å²) in [6.07, 6.45) is -0.166. The minimum absolute atomic E-state index is 0.352. The summed E-state index contributed by atoms with van der Waals surface area (Å²) in [5, 5.41) is 19.4. The third-order valence-corrected chi connectivity index (χ3v) is 3.87. The van der Waals surface area contributed by atoms with E-state index in [1.807, 2.05) is 0 Å². The molecule has 1 saturated carbocycles. The number of hydrogen-bond acceptors (Lipinski definition) is 4. The number of nitrogens with zero attached hydrogens (tertiary/aromatic N) is 1. The highest BCUT2D eigenvalue weighted by atomic mass is 16.4. The first kappa shape index (κ1) is 12.0. The van der Waals surface area contributed by atoms with Crippen LogP contribution in [0.15, 0.2) is 27.4 Å². The number of rotatable bonds is 3. The van der Waals surface area contributed by atoms with Crippen molar-refractivity contribution in [3.05, 3.63) is 34.3 Å². The van der Waals surface area contributed by atoms with Crippen molar-refractivity contribution in [2.75, 3.05) is 0 Å². The molecule has 3 rings (SSSR count). The Bertz CT molecular complexity index is 722. The third-order valence-electron chi connectivity index (χ3n) is 3.87. The fourth-order valence-electron chi connectivity index (χ4n) is 2.38. The number of carboxylic acid groups (broad SMARTS) is 1. The molecule has 1 aliphatic carbocycles. The molecule has 0 aliphatic heterocycles. The van der Waals surface area contributed by atoms with E-state index in [0.29, 0.717) is 29.5 Å². The second-order valence-corrected chi connectivity index (χ2v) is 5.02. The first-order valence-electron chi connectivity index (χ1n) is 5.97. The molecule has 1 atom stereocenters. The Balaban J connectivity index is 2.07. The van der Waals surface area contributed by atoms with Gasteiger partial charge in [-0.2, -0.15) is 0 Å². The number of hydrogen-bond donors (Lipinski definition) is 2. The van der Waals surface area contributed by atoms with Gasteiger partial charge in [-0.1, -0.05) is 6.07 Å². The molecular formula is C13H13NO5. The van der Waals surface area contributed by atoms with Crippen LogP contribution < -0.4 is 5.76 Å². The van der Waals surface area contributed by atoms with Gasteiger partial charge in [-0.25, -0.2) is 4.79 Å². The van der Waals surface area contributed by atoms with E-state index in [1.165, 1.54) is 10.6 Å². The van der Waals surface area contributed by atoms with Crippen LogP contribution in [0.1, 0.15) is 24.5 Å². The van der Waals surface area contributed by atoms with Crippen LogP contribution in [-0.4, -0.2) is 20.7 Å². The summed E-state index contributed by atoms with van der Waals surface area (Å²) in [5.41, 5.74) is 0.344. The molecule has 0 bridgehead atoms. The van der Waals surface area contributed by atoms with Crippen LogP contribution in [-0.2, 0) is 11.8 Å². The molecule has 0 spiro atoms. The first-order valence-corrected chi connectivity index (χ1v) is 5.97. The lowest BCUT2D eigenvalue weighted by Gasteiger charge is -2.18. The van der Waals surface area contributed by atoms with Crippen molar-refractivity contribution < 1.29 is 19.4 Å². The van der Waals surface area contributed by atoms with Gasteiger partial charge in [0.05, 0.1) is 17.0 Å². The number of fused-ring (bicyclic) bond motifs is 1. The Labute approximate surface area is 107 Å². The van der Waals surface area contributed by atoms with Crippen molar-refractivity contribution in [1.82, 2.24) is 4.57 Å². The van der Waals surface area contributed by atoms with E-state index in [1.54, 1.807) is 19.2 Å². The minimum Gasteiger partial charge on any atom is -0.481 e. The van der Waals surface area contributed by atoms with E-state index in [0.717, 1.165) is 0 Å².